The fourth-order valence-electron chi connectivity index (χ4n) is 3.07. The third-order valence-electron chi connectivity index (χ3n) is 4.47. The van der Waals surface area contributed by atoms with E-state index in [0.29, 0.717) is 37.7 Å². The molecule has 9 heteroatoms. The minimum atomic E-state index is -3.43. The molecular formula is C17H24N4O2S3. The highest BCUT2D eigenvalue weighted by Crippen LogP contribution is 2.19. The lowest BCUT2D eigenvalue weighted by molar-refractivity contribution is 0.145. The summed E-state index contributed by atoms with van der Waals surface area (Å²) >= 11 is 6.80. The predicted octanol–water partition coefficient (Wildman–Crippen LogP) is 2.90. The maximum absolute atomic E-state index is 12.9. The Labute approximate surface area is 164 Å². The summed E-state index contributed by atoms with van der Waals surface area (Å²) in [5.74, 6) is 0. The lowest BCUT2D eigenvalue weighted by atomic mass is 10.1. The predicted molar refractivity (Wildman–Crippen MR) is 106 cm³/mol. The van der Waals surface area contributed by atoms with Gasteiger partial charge in [0, 0.05) is 26.2 Å². The van der Waals surface area contributed by atoms with E-state index >= 15 is 0 Å². The quantitative estimate of drug-likeness (QED) is 0.683. The molecule has 0 bridgehead atoms. The van der Waals surface area contributed by atoms with Gasteiger partial charge in [0.2, 0.25) is 10.0 Å². The van der Waals surface area contributed by atoms with Gasteiger partial charge < -0.3 is 0 Å². The fraction of sp³-hybridized carbons (Fsp3) is 0.529. The van der Waals surface area contributed by atoms with Gasteiger partial charge in [-0.25, -0.2) is 13.1 Å². The Hall–Kier alpha value is -1.13. The van der Waals surface area contributed by atoms with E-state index in [-0.39, 0.29) is 0 Å². The lowest BCUT2D eigenvalue weighted by Gasteiger charge is -2.33. The van der Waals surface area contributed by atoms with Crippen molar-refractivity contribution < 1.29 is 8.42 Å². The molecule has 1 fully saturated rings. The van der Waals surface area contributed by atoms with Crippen LogP contribution in [0, 0.1) is 10.9 Å². The number of hydrogen-bond donors (Lipinski definition) is 0. The highest BCUT2D eigenvalue weighted by Gasteiger charge is 2.28. The van der Waals surface area contributed by atoms with E-state index in [0.717, 1.165) is 21.8 Å². The number of hydrogen-bond acceptors (Lipinski definition) is 6. The molecule has 1 aromatic heterocycles. The molecule has 0 atom stereocenters. The van der Waals surface area contributed by atoms with E-state index in [4.69, 9.17) is 12.2 Å². The van der Waals surface area contributed by atoms with Crippen LogP contribution >= 0.6 is 23.6 Å². The van der Waals surface area contributed by atoms with Crippen LogP contribution in [0.4, 0.5) is 0 Å². The molecule has 0 radical (unpaired) electrons. The third-order valence-corrected chi connectivity index (χ3v) is 7.61. The van der Waals surface area contributed by atoms with Crippen LogP contribution in [0.1, 0.15) is 23.9 Å². The molecule has 1 aromatic carbocycles. The largest absolute Gasteiger partial charge is 0.282 e. The molecule has 2 aromatic rings. The summed E-state index contributed by atoms with van der Waals surface area (Å²) in [6.45, 7) is 6.97. The number of sulfonamides is 1. The van der Waals surface area contributed by atoms with Crippen molar-refractivity contribution in [2.24, 2.45) is 0 Å². The van der Waals surface area contributed by atoms with Gasteiger partial charge in [-0.1, -0.05) is 36.8 Å². The molecule has 0 unspecified atom stereocenters. The van der Waals surface area contributed by atoms with Crippen molar-refractivity contribution in [1.82, 2.24) is 19.0 Å². The Morgan fingerprint density at radius 1 is 1.15 bits per heavy atom. The SMILES string of the molecule is CCCc1ccc(S(=O)(=O)N2CCN(Cn3nc(C)sc3=S)CC2)cc1. The minimum Gasteiger partial charge on any atom is -0.282 e. The van der Waals surface area contributed by atoms with Gasteiger partial charge in [0.05, 0.1) is 11.6 Å². The first-order chi connectivity index (χ1) is 12.4. The summed E-state index contributed by atoms with van der Waals surface area (Å²) in [5.41, 5.74) is 1.17. The molecule has 6 nitrogen and oxygen atoms in total. The second-order valence-corrected chi connectivity index (χ2v) is 10.2. The first kappa shape index (κ1) is 19.6. The van der Waals surface area contributed by atoms with Gasteiger partial charge in [-0.2, -0.15) is 9.40 Å². The van der Waals surface area contributed by atoms with Crippen LogP contribution in [0.3, 0.4) is 0 Å². The van der Waals surface area contributed by atoms with Crippen molar-refractivity contribution in [3.05, 3.63) is 38.8 Å². The van der Waals surface area contributed by atoms with E-state index in [1.165, 1.54) is 16.9 Å². The Morgan fingerprint density at radius 3 is 2.35 bits per heavy atom. The fourth-order valence-corrected chi connectivity index (χ4v) is 5.54. The monoisotopic (exact) mass is 412 g/mol. The van der Waals surface area contributed by atoms with Gasteiger partial charge in [0.25, 0.3) is 0 Å². The highest BCUT2D eigenvalue weighted by molar-refractivity contribution is 7.89. The molecule has 0 N–H and O–H groups in total. The lowest BCUT2D eigenvalue weighted by Crippen LogP contribution is -2.48. The Bertz CT molecular complexity index is 895. The maximum Gasteiger partial charge on any atom is 0.243 e. The molecular weight excluding hydrogens is 388 g/mol. The zero-order chi connectivity index (χ0) is 18.7. The number of benzene rings is 1. The van der Waals surface area contributed by atoms with Gasteiger partial charge in [0.15, 0.2) is 3.95 Å². The van der Waals surface area contributed by atoms with Gasteiger partial charge in [-0.3, -0.25) is 4.90 Å². The van der Waals surface area contributed by atoms with Gasteiger partial charge >= 0.3 is 0 Å². The maximum atomic E-state index is 12.9. The van der Waals surface area contributed by atoms with Crippen molar-refractivity contribution in [1.29, 1.82) is 0 Å². The van der Waals surface area contributed by atoms with E-state index in [1.54, 1.807) is 16.4 Å². The second-order valence-electron chi connectivity index (χ2n) is 6.44. The zero-order valence-electron chi connectivity index (χ0n) is 15.1. The number of piperazine rings is 1. The molecule has 1 saturated heterocycles. The number of rotatable bonds is 6. The number of aryl methyl sites for hydroxylation is 2. The van der Waals surface area contributed by atoms with E-state index < -0.39 is 10.0 Å². The van der Waals surface area contributed by atoms with E-state index in [9.17, 15) is 8.42 Å². The highest BCUT2D eigenvalue weighted by atomic mass is 32.2. The van der Waals surface area contributed by atoms with Crippen molar-refractivity contribution >= 4 is 33.6 Å². The summed E-state index contributed by atoms with van der Waals surface area (Å²) in [7, 11) is -3.43. The van der Waals surface area contributed by atoms with Crippen LogP contribution in [0.15, 0.2) is 29.2 Å². The molecule has 142 valence electrons. The average Bonchev–Trinajstić information content (AvgIpc) is 2.93. The molecule has 2 heterocycles. The second kappa shape index (κ2) is 8.26. The standard InChI is InChI=1S/C17H24N4O2S3/c1-3-4-15-5-7-16(8-6-15)26(22,23)20-11-9-19(10-12-20)13-21-17(24)25-14(2)18-21/h5-8H,3-4,9-13H2,1-2H3. The third kappa shape index (κ3) is 4.40. The van der Waals surface area contributed by atoms with E-state index in [2.05, 4.69) is 16.9 Å². The molecule has 1 aliphatic rings. The molecule has 0 spiro atoms. The molecule has 1 aliphatic heterocycles. The minimum absolute atomic E-state index is 0.378. The molecule has 26 heavy (non-hydrogen) atoms. The topological polar surface area (TPSA) is 58.4 Å². The first-order valence-corrected chi connectivity index (χ1v) is 11.4. The van der Waals surface area contributed by atoms with Crippen LogP contribution in [0.25, 0.3) is 0 Å². The molecule has 0 aliphatic carbocycles. The van der Waals surface area contributed by atoms with Crippen LogP contribution < -0.4 is 0 Å². The number of nitrogens with zero attached hydrogens (tertiary/aromatic N) is 4. The number of aromatic nitrogens is 2. The summed E-state index contributed by atoms with van der Waals surface area (Å²) in [6.07, 6.45) is 2.02. The Morgan fingerprint density at radius 2 is 1.81 bits per heavy atom. The van der Waals surface area contributed by atoms with Crippen LogP contribution in [-0.4, -0.2) is 53.6 Å². The van der Waals surface area contributed by atoms with Crippen molar-refractivity contribution in [3.8, 4) is 0 Å². The molecule has 3 rings (SSSR count). The van der Waals surface area contributed by atoms with Gasteiger partial charge in [-0.05, 0) is 43.3 Å². The smallest absolute Gasteiger partial charge is 0.243 e. The Kier molecular flexibility index (Phi) is 6.24. The summed E-state index contributed by atoms with van der Waals surface area (Å²) in [6, 6.07) is 7.28. The average molecular weight is 413 g/mol. The van der Waals surface area contributed by atoms with Crippen LogP contribution in [0.2, 0.25) is 0 Å². The Balaban J connectivity index is 1.63. The van der Waals surface area contributed by atoms with Gasteiger partial charge in [-0.15, -0.1) is 0 Å². The molecule has 0 saturated carbocycles. The molecule has 0 amide bonds. The first-order valence-electron chi connectivity index (χ1n) is 8.76. The van der Waals surface area contributed by atoms with Crippen LogP contribution in [-0.2, 0) is 23.1 Å². The van der Waals surface area contributed by atoms with Crippen molar-refractivity contribution in [2.45, 2.75) is 38.3 Å². The van der Waals surface area contributed by atoms with E-state index in [1.807, 2.05) is 23.7 Å². The van der Waals surface area contributed by atoms with Crippen LogP contribution in [0.5, 0.6) is 0 Å². The summed E-state index contributed by atoms with van der Waals surface area (Å²) < 4.78 is 29.8. The summed E-state index contributed by atoms with van der Waals surface area (Å²) in [4.78, 5) is 2.56. The summed E-state index contributed by atoms with van der Waals surface area (Å²) in [5, 5.41) is 5.35. The normalized spacial score (nSPS) is 16.8. The van der Waals surface area contributed by atoms with Gasteiger partial charge in [0.1, 0.15) is 5.01 Å². The van der Waals surface area contributed by atoms with Crippen molar-refractivity contribution in [3.63, 3.8) is 0 Å². The zero-order valence-corrected chi connectivity index (χ0v) is 17.5. The van der Waals surface area contributed by atoms with Crippen molar-refractivity contribution in [2.75, 3.05) is 26.2 Å².